The van der Waals surface area contributed by atoms with Crippen LogP contribution in [0, 0.1) is 5.92 Å². The van der Waals surface area contributed by atoms with Crippen LogP contribution in [-0.4, -0.2) is 49.4 Å². The number of nitrogens with zero attached hydrogens (tertiary/aromatic N) is 2. The summed E-state index contributed by atoms with van der Waals surface area (Å²) in [7, 11) is 4.06. The van der Waals surface area contributed by atoms with E-state index in [1.807, 2.05) is 37.2 Å². The van der Waals surface area contributed by atoms with Gasteiger partial charge in [0.15, 0.2) is 0 Å². The van der Waals surface area contributed by atoms with Crippen LogP contribution >= 0.6 is 0 Å². The highest BCUT2D eigenvalue weighted by molar-refractivity contribution is 5.94. The Morgan fingerprint density at radius 1 is 1.47 bits per heavy atom. The van der Waals surface area contributed by atoms with Crippen LogP contribution < -0.4 is 5.73 Å². The Morgan fingerprint density at radius 3 is 2.89 bits per heavy atom. The van der Waals surface area contributed by atoms with Crippen molar-refractivity contribution < 1.29 is 4.79 Å². The van der Waals surface area contributed by atoms with Gasteiger partial charge in [-0.1, -0.05) is 12.1 Å². The Morgan fingerprint density at radius 2 is 2.26 bits per heavy atom. The van der Waals surface area contributed by atoms with Crippen LogP contribution in [0.4, 0.5) is 0 Å². The first-order valence-electron chi connectivity index (χ1n) is 6.83. The van der Waals surface area contributed by atoms with E-state index in [0.717, 1.165) is 31.6 Å². The molecule has 1 amide bonds. The number of nitrogens with two attached hydrogens (primary N) is 1. The van der Waals surface area contributed by atoms with Gasteiger partial charge in [-0.3, -0.25) is 4.79 Å². The third kappa shape index (κ3) is 3.55. The average molecular weight is 261 g/mol. The zero-order valence-corrected chi connectivity index (χ0v) is 11.8. The number of hydrogen-bond donors (Lipinski definition) is 1. The average Bonchev–Trinajstić information content (AvgIpc) is 2.86. The summed E-state index contributed by atoms with van der Waals surface area (Å²) >= 11 is 0. The third-order valence-electron chi connectivity index (χ3n) is 3.58. The molecule has 0 radical (unpaired) electrons. The Kier molecular flexibility index (Phi) is 4.56. The summed E-state index contributed by atoms with van der Waals surface area (Å²) in [5.74, 6) is 0.602. The fraction of sp³-hybridized carbons (Fsp3) is 0.533. The number of carbonyl (C=O) groups excluding carboxylic acids is 1. The first-order chi connectivity index (χ1) is 9.10. The normalized spacial score (nSPS) is 19.2. The van der Waals surface area contributed by atoms with Gasteiger partial charge in [0.25, 0.3) is 5.91 Å². The van der Waals surface area contributed by atoms with E-state index in [0.29, 0.717) is 12.5 Å². The van der Waals surface area contributed by atoms with Crippen molar-refractivity contribution in [3.63, 3.8) is 0 Å². The molecule has 0 bridgehead atoms. The molecule has 19 heavy (non-hydrogen) atoms. The standard InChI is InChI=1S/C15H23N3O/c1-17(2)10-12-4-3-5-14(8-12)15(19)18-7-6-13(9-16)11-18/h3-5,8,13H,6-7,9-11,16H2,1-2H3/t13-/m1/s1. The molecule has 104 valence electrons. The van der Waals surface area contributed by atoms with E-state index < -0.39 is 0 Å². The molecule has 0 spiro atoms. The van der Waals surface area contributed by atoms with Crippen molar-refractivity contribution in [2.24, 2.45) is 11.7 Å². The topological polar surface area (TPSA) is 49.6 Å². The highest BCUT2D eigenvalue weighted by Crippen LogP contribution is 2.18. The van der Waals surface area contributed by atoms with Gasteiger partial charge < -0.3 is 15.5 Å². The lowest BCUT2D eigenvalue weighted by Crippen LogP contribution is -2.30. The van der Waals surface area contributed by atoms with Crippen LogP contribution in [-0.2, 0) is 6.54 Å². The monoisotopic (exact) mass is 261 g/mol. The lowest BCUT2D eigenvalue weighted by molar-refractivity contribution is 0.0787. The maximum Gasteiger partial charge on any atom is 0.253 e. The molecule has 1 aromatic rings. The maximum absolute atomic E-state index is 12.4. The first kappa shape index (κ1) is 14.0. The van der Waals surface area contributed by atoms with Crippen molar-refractivity contribution in [1.29, 1.82) is 0 Å². The molecule has 4 nitrogen and oxygen atoms in total. The van der Waals surface area contributed by atoms with Crippen LogP contribution in [0.5, 0.6) is 0 Å². The molecular weight excluding hydrogens is 238 g/mol. The summed E-state index contributed by atoms with van der Waals surface area (Å²) in [6.45, 7) is 3.16. The van der Waals surface area contributed by atoms with Crippen molar-refractivity contribution in [2.75, 3.05) is 33.7 Å². The number of benzene rings is 1. The van der Waals surface area contributed by atoms with Crippen LogP contribution in [0.2, 0.25) is 0 Å². The van der Waals surface area contributed by atoms with Gasteiger partial charge in [-0.2, -0.15) is 0 Å². The van der Waals surface area contributed by atoms with E-state index in [-0.39, 0.29) is 5.91 Å². The second-order valence-electron chi connectivity index (χ2n) is 5.58. The van der Waals surface area contributed by atoms with Crippen LogP contribution in [0.3, 0.4) is 0 Å². The van der Waals surface area contributed by atoms with Gasteiger partial charge >= 0.3 is 0 Å². The van der Waals surface area contributed by atoms with Crippen molar-refractivity contribution in [3.8, 4) is 0 Å². The molecule has 0 aliphatic carbocycles. The SMILES string of the molecule is CN(C)Cc1cccc(C(=O)N2CC[C@H](CN)C2)c1. The van der Waals surface area contributed by atoms with Gasteiger partial charge in [0.05, 0.1) is 0 Å². The van der Waals surface area contributed by atoms with Gasteiger partial charge in [-0.25, -0.2) is 0 Å². The molecule has 2 N–H and O–H groups in total. The van der Waals surface area contributed by atoms with Gasteiger partial charge in [-0.15, -0.1) is 0 Å². The molecule has 0 unspecified atom stereocenters. The van der Waals surface area contributed by atoms with Crippen molar-refractivity contribution in [3.05, 3.63) is 35.4 Å². The first-order valence-corrected chi connectivity index (χ1v) is 6.83. The van der Waals surface area contributed by atoms with Gasteiger partial charge in [0.2, 0.25) is 0 Å². The predicted molar refractivity (Wildman–Crippen MR) is 76.9 cm³/mol. The van der Waals surface area contributed by atoms with E-state index in [2.05, 4.69) is 11.0 Å². The van der Waals surface area contributed by atoms with E-state index in [4.69, 9.17) is 5.73 Å². The zero-order chi connectivity index (χ0) is 13.8. The third-order valence-corrected chi connectivity index (χ3v) is 3.58. The molecule has 1 saturated heterocycles. The molecule has 2 rings (SSSR count). The summed E-state index contributed by atoms with van der Waals surface area (Å²) in [5, 5.41) is 0. The highest BCUT2D eigenvalue weighted by Gasteiger charge is 2.25. The van der Waals surface area contributed by atoms with E-state index >= 15 is 0 Å². The summed E-state index contributed by atoms with van der Waals surface area (Å²) in [4.78, 5) is 16.4. The molecular formula is C15H23N3O. The molecule has 4 heteroatoms. The Bertz CT molecular complexity index is 445. The molecule has 0 aromatic heterocycles. The number of likely N-dealkylation sites (tertiary alicyclic amines) is 1. The quantitative estimate of drug-likeness (QED) is 0.885. The summed E-state index contributed by atoms with van der Waals surface area (Å²) in [5.41, 5.74) is 7.63. The zero-order valence-electron chi connectivity index (χ0n) is 11.8. The Hall–Kier alpha value is -1.39. The number of rotatable bonds is 4. The Labute approximate surface area is 115 Å². The molecule has 1 aliphatic rings. The van der Waals surface area contributed by atoms with E-state index in [1.54, 1.807) is 0 Å². The summed E-state index contributed by atoms with van der Waals surface area (Å²) in [6, 6.07) is 7.92. The number of hydrogen-bond acceptors (Lipinski definition) is 3. The Balaban J connectivity index is 2.07. The van der Waals surface area contributed by atoms with Crippen molar-refractivity contribution >= 4 is 5.91 Å². The minimum atomic E-state index is 0.136. The van der Waals surface area contributed by atoms with Crippen molar-refractivity contribution in [2.45, 2.75) is 13.0 Å². The number of amides is 1. The molecule has 1 heterocycles. The fourth-order valence-electron chi connectivity index (χ4n) is 2.56. The largest absolute Gasteiger partial charge is 0.338 e. The number of carbonyl (C=O) groups is 1. The lowest BCUT2D eigenvalue weighted by atomic mass is 10.1. The van der Waals surface area contributed by atoms with E-state index in [9.17, 15) is 4.79 Å². The maximum atomic E-state index is 12.4. The summed E-state index contributed by atoms with van der Waals surface area (Å²) < 4.78 is 0. The van der Waals surface area contributed by atoms with Crippen LogP contribution in [0.1, 0.15) is 22.3 Å². The highest BCUT2D eigenvalue weighted by atomic mass is 16.2. The van der Waals surface area contributed by atoms with Gasteiger partial charge in [-0.05, 0) is 50.7 Å². The molecule has 1 aromatic carbocycles. The lowest BCUT2D eigenvalue weighted by Gasteiger charge is -2.17. The molecule has 1 fully saturated rings. The minimum Gasteiger partial charge on any atom is -0.338 e. The molecule has 0 saturated carbocycles. The van der Waals surface area contributed by atoms with Crippen LogP contribution in [0.15, 0.2) is 24.3 Å². The predicted octanol–water partition coefficient (Wildman–Crippen LogP) is 1.17. The van der Waals surface area contributed by atoms with Gasteiger partial charge in [0, 0.05) is 25.2 Å². The van der Waals surface area contributed by atoms with Gasteiger partial charge in [0.1, 0.15) is 0 Å². The fourth-order valence-corrected chi connectivity index (χ4v) is 2.56. The second kappa shape index (κ2) is 6.17. The molecule has 1 aliphatic heterocycles. The van der Waals surface area contributed by atoms with Crippen molar-refractivity contribution in [1.82, 2.24) is 9.80 Å². The van der Waals surface area contributed by atoms with E-state index in [1.165, 1.54) is 5.56 Å². The minimum absolute atomic E-state index is 0.136. The second-order valence-corrected chi connectivity index (χ2v) is 5.58. The molecule has 1 atom stereocenters. The smallest absolute Gasteiger partial charge is 0.253 e. The summed E-state index contributed by atoms with van der Waals surface area (Å²) in [6.07, 6.45) is 1.03. The van der Waals surface area contributed by atoms with Crippen LogP contribution in [0.25, 0.3) is 0 Å².